The number of hydrogen-bond acceptors (Lipinski definition) is 7. The molecule has 8 aliphatic rings. The number of piperidine rings is 6. The van der Waals surface area contributed by atoms with Gasteiger partial charge in [-0.05, 0) is 111 Å². The second-order valence-corrected chi connectivity index (χ2v) is 16.9. The summed E-state index contributed by atoms with van der Waals surface area (Å²) in [5.74, 6) is 4.94. The number of anilines is 1. The number of hydrogen-bond donors (Lipinski definition) is 2. The molecule has 53 heavy (non-hydrogen) atoms. The Balaban J connectivity index is 0.966. The maximum absolute atomic E-state index is 11.9. The van der Waals surface area contributed by atoms with Crippen LogP contribution in [0.1, 0.15) is 88.2 Å². The molecule has 8 heteroatoms. The smallest absolute Gasteiger partial charge is 0.209 e. The molecule has 8 heterocycles. The van der Waals surface area contributed by atoms with Crippen molar-refractivity contribution in [1.29, 1.82) is 0 Å². The Morgan fingerprint density at radius 3 is 1.92 bits per heavy atom. The molecule has 8 nitrogen and oxygen atoms in total. The van der Waals surface area contributed by atoms with Crippen LogP contribution >= 0.6 is 0 Å². The molecule has 0 amide bonds. The lowest BCUT2D eigenvalue weighted by atomic mass is 9.70. The van der Waals surface area contributed by atoms with Crippen molar-refractivity contribution >= 4 is 17.6 Å². The molecule has 0 radical (unpaired) electrons. The van der Waals surface area contributed by atoms with Gasteiger partial charge in [-0.3, -0.25) is 9.80 Å². The molecule has 4 bridgehead atoms. The van der Waals surface area contributed by atoms with E-state index in [2.05, 4.69) is 88.0 Å². The standard InChI is InChI=1S/C45H63N4O4/c1-5-30-28-48-20-14-32(30)24-42(48)44(50)36-16-22-46(40-12-10-34(52-3)26-38(36)40)18-8-7-9-19-47-23-17-37(39-27-35(53-4)11-13-41(39)47)45(51)43-25-33-15-21-49(43)29-31(33)6-2/h7-13,18-19,26-27,30-33,36-37,42-45,50-51H,5-6,14-17,20-25,28-29H2,1-4H3/q+1/t30-,31-,32-,33-,36-,37-,42-,43-,44+,45+/m0/s1. The van der Waals surface area contributed by atoms with E-state index in [9.17, 15) is 10.2 Å². The van der Waals surface area contributed by atoms with Gasteiger partial charge in [-0.1, -0.05) is 32.8 Å². The van der Waals surface area contributed by atoms with Crippen LogP contribution < -0.4 is 14.4 Å². The van der Waals surface area contributed by atoms with Crippen LogP contribution in [0.4, 0.5) is 11.4 Å². The Labute approximate surface area is 317 Å². The number of methoxy groups -OCH3 is 2. The lowest BCUT2D eigenvalue weighted by Crippen LogP contribution is -2.58. The van der Waals surface area contributed by atoms with E-state index in [-0.39, 0.29) is 36.1 Å². The zero-order valence-corrected chi connectivity index (χ0v) is 32.5. The van der Waals surface area contributed by atoms with Crippen LogP contribution in [0, 0.1) is 23.7 Å². The zero-order valence-electron chi connectivity index (χ0n) is 32.5. The van der Waals surface area contributed by atoms with Crippen molar-refractivity contribution in [3.8, 4) is 11.5 Å². The third-order valence-corrected chi connectivity index (χ3v) is 14.5. The molecule has 2 aromatic rings. The summed E-state index contributed by atoms with van der Waals surface area (Å²) in [6, 6.07) is 13.2. The van der Waals surface area contributed by atoms with Crippen molar-refractivity contribution < 1.29 is 24.3 Å². The third-order valence-electron chi connectivity index (χ3n) is 14.5. The second-order valence-electron chi connectivity index (χ2n) is 16.9. The van der Waals surface area contributed by atoms with Gasteiger partial charge in [0.15, 0.2) is 6.21 Å². The van der Waals surface area contributed by atoms with Gasteiger partial charge < -0.3 is 24.6 Å². The first kappa shape index (κ1) is 36.8. The highest BCUT2D eigenvalue weighted by Gasteiger charge is 2.47. The van der Waals surface area contributed by atoms with Gasteiger partial charge in [-0.25, -0.2) is 0 Å². The molecular formula is C45H63N4O4+. The van der Waals surface area contributed by atoms with Crippen molar-refractivity contribution in [1.82, 2.24) is 9.80 Å². The molecule has 12 atom stereocenters. The predicted octanol–water partition coefficient (Wildman–Crippen LogP) is 6.93. The van der Waals surface area contributed by atoms with Crippen molar-refractivity contribution in [2.75, 3.05) is 58.4 Å². The summed E-state index contributed by atoms with van der Waals surface area (Å²) in [5, 5.41) is 23.9. The Morgan fingerprint density at radius 1 is 0.736 bits per heavy atom. The lowest BCUT2D eigenvalue weighted by molar-refractivity contribution is -0.443. The van der Waals surface area contributed by atoms with Crippen molar-refractivity contribution in [2.45, 2.75) is 101 Å². The van der Waals surface area contributed by atoms with Crippen LogP contribution in [0.2, 0.25) is 0 Å². The first-order valence-corrected chi connectivity index (χ1v) is 20.8. The topological polar surface area (TPSA) is 71.7 Å². The van der Waals surface area contributed by atoms with Crippen molar-refractivity contribution in [3.05, 3.63) is 72.0 Å². The van der Waals surface area contributed by atoms with Gasteiger partial charge in [-0.15, -0.1) is 0 Å². The molecule has 10 rings (SSSR count). The van der Waals surface area contributed by atoms with Crippen molar-refractivity contribution in [3.63, 3.8) is 0 Å². The molecule has 0 saturated carbocycles. The Morgan fingerprint density at radius 2 is 1.34 bits per heavy atom. The van der Waals surface area contributed by atoms with E-state index in [1.807, 2.05) is 12.1 Å². The fraction of sp³-hybridized carbons (Fsp3) is 0.622. The van der Waals surface area contributed by atoms with E-state index < -0.39 is 0 Å². The summed E-state index contributed by atoms with van der Waals surface area (Å²) in [4.78, 5) is 7.50. The van der Waals surface area contributed by atoms with Crippen LogP contribution in [0.3, 0.4) is 0 Å². The molecule has 0 spiro atoms. The molecule has 2 aromatic carbocycles. The summed E-state index contributed by atoms with van der Waals surface area (Å²) >= 11 is 0. The molecule has 2 N–H and O–H groups in total. The molecule has 2 unspecified atom stereocenters. The molecular weight excluding hydrogens is 661 g/mol. The Kier molecular flexibility index (Phi) is 11.0. The van der Waals surface area contributed by atoms with Gasteiger partial charge in [0.25, 0.3) is 0 Å². The fourth-order valence-electron chi connectivity index (χ4n) is 11.5. The van der Waals surface area contributed by atoms with Gasteiger partial charge in [0.1, 0.15) is 18.0 Å². The summed E-state index contributed by atoms with van der Waals surface area (Å²) in [6.45, 7) is 10.9. The van der Waals surface area contributed by atoms with Crippen molar-refractivity contribution in [2.24, 2.45) is 23.7 Å². The number of nitrogens with zero attached hydrogens (tertiary/aromatic N) is 4. The normalized spacial score (nSPS) is 35.4. The number of ether oxygens (including phenoxy) is 2. The van der Waals surface area contributed by atoms with Crippen LogP contribution in [0.15, 0.2) is 60.8 Å². The first-order valence-electron chi connectivity index (χ1n) is 20.8. The maximum atomic E-state index is 11.9. The van der Waals surface area contributed by atoms with Gasteiger partial charge in [-0.2, -0.15) is 4.58 Å². The average Bonchev–Trinajstić information content (AvgIpc) is 3.22. The Hall–Kier alpha value is -3.17. The highest BCUT2D eigenvalue weighted by molar-refractivity contribution is 5.69. The lowest BCUT2D eigenvalue weighted by Gasteiger charge is -2.52. The second kappa shape index (κ2) is 15.9. The van der Waals surface area contributed by atoms with Crippen LogP contribution in [0.25, 0.3) is 0 Å². The molecule has 6 saturated heterocycles. The number of aliphatic hydroxyl groups excluding tert-OH is 2. The van der Waals surface area contributed by atoms with E-state index in [4.69, 9.17) is 9.47 Å². The highest BCUT2D eigenvalue weighted by atomic mass is 16.5. The fourth-order valence-corrected chi connectivity index (χ4v) is 11.5. The minimum absolute atomic E-state index is 0.0943. The minimum Gasteiger partial charge on any atom is -0.497 e. The Bertz CT molecular complexity index is 1690. The highest BCUT2D eigenvalue weighted by Crippen LogP contribution is 2.47. The van der Waals surface area contributed by atoms with E-state index in [0.717, 1.165) is 111 Å². The predicted molar refractivity (Wildman–Crippen MR) is 213 cm³/mol. The molecule has 0 aromatic heterocycles. The summed E-state index contributed by atoms with van der Waals surface area (Å²) in [5.41, 5.74) is 4.71. The third kappa shape index (κ3) is 7.10. The summed E-state index contributed by atoms with van der Waals surface area (Å²) in [6.07, 6.45) is 19.1. The summed E-state index contributed by atoms with van der Waals surface area (Å²) in [7, 11) is 3.45. The van der Waals surface area contributed by atoms with E-state index in [0.29, 0.717) is 0 Å². The SMILES string of the molecule is CC[C@H]1CN2CC[C@H]1C[C@H]2[C@H](O)[C@H]1CCN(/C=C/C=C/C=[N+]2CC[C@H]([C@@H](O)[C@@H]3C[C@@H]4CCN3C[C@@H]4CC)c3cc(OC)ccc32)c2ccc(OC)cc21. The number of allylic oxidation sites excluding steroid dienone is 3. The van der Waals surface area contributed by atoms with Gasteiger partial charge >= 0.3 is 0 Å². The van der Waals surface area contributed by atoms with Crippen LogP contribution in [-0.2, 0) is 0 Å². The van der Waals surface area contributed by atoms with Crippen LogP contribution in [0.5, 0.6) is 11.5 Å². The van der Waals surface area contributed by atoms with Gasteiger partial charge in [0.2, 0.25) is 5.69 Å². The first-order chi connectivity index (χ1) is 25.9. The van der Waals surface area contributed by atoms with Gasteiger partial charge in [0.05, 0.1) is 26.4 Å². The number of aliphatic hydroxyl groups is 2. The van der Waals surface area contributed by atoms with E-state index in [1.54, 1.807) is 14.2 Å². The largest absolute Gasteiger partial charge is 0.497 e. The maximum Gasteiger partial charge on any atom is 0.209 e. The van der Waals surface area contributed by atoms with Crippen LogP contribution in [-0.4, -0.2) is 109 Å². The number of fused-ring (bicyclic) bond motifs is 8. The molecule has 8 aliphatic heterocycles. The zero-order chi connectivity index (χ0) is 36.6. The average molecular weight is 724 g/mol. The molecule has 6 fully saturated rings. The van der Waals surface area contributed by atoms with Gasteiger partial charge in [0, 0.05) is 79.6 Å². The monoisotopic (exact) mass is 723 g/mol. The summed E-state index contributed by atoms with van der Waals surface area (Å²) < 4.78 is 13.7. The minimum atomic E-state index is -0.376. The number of rotatable bonds is 11. The molecule has 286 valence electrons. The quantitative estimate of drug-likeness (QED) is 0.193. The number of benzene rings is 2. The van der Waals surface area contributed by atoms with E-state index in [1.165, 1.54) is 36.8 Å². The van der Waals surface area contributed by atoms with E-state index >= 15 is 0 Å². The molecule has 0 aliphatic carbocycles.